The number of ether oxygens (including phenoxy) is 2. The van der Waals surface area contributed by atoms with Gasteiger partial charge in [-0.2, -0.15) is 0 Å². The van der Waals surface area contributed by atoms with E-state index in [1.807, 2.05) is 14.0 Å². The van der Waals surface area contributed by atoms with Crippen LogP contribution in [-0.2, 0) is 11.3 Å². The van der Waals surface area contributed by atoms with E-state index in [1.165, 1.54) is 36.8 Å². The van der Waals surface area contributed by atoms with Crippen LogP contribution in [-0.4, -0.2) is 19.8 Å². The van der Waals surface area contributed by atoms with Crippen molar-refractivity contribution in [2.75, 3.05) is 13.7 Å². The molecule has 1 N–H and O–H groups in total. The van der Waals surface area contributed by atoms with Gasteiger partial charge in [-0.3, -0.25) is 0 Å². The van der Waals surface area contributed by atoms with Gasteiger partial charge in [0.05, 0.1) is 19.3 Å². The highest BCUT2D eigenvalue weighted by molar-refractivity contribution is 5.38. The molecule has 3 heteroatoms. The Kier molecular flexibility index (Phi) is 5.86. The molecular formula is C17H27NO2. The second-order valence-electron chi connectivity index (χ2n) is 5.53. The average Bonchev–Trinajstić information content (AvgIpc) is 2.99. The van der Waals surface area contributed by atoms with Crippen molar-refractivity contribution in [2.24, 2.45) is 0 Å². The molecule has 0 aliphatic heterocycles. The molecule has 1 fully saturated rings. The summed E-state index contributed by atoms with van der Waals surface area (Å²) < 4.78 is 11.8. The zero-order chi connectivity index (χ0) is 14.4. The first-order valence-electron chi connectivity index (χ1n) is 7.79. The Bertz CT molecular complexity index is 413. The molecule has 1 saturated carbocycles. The van der Waals surface area contributed by atoms with Gasteiger partial charge >= 0.3 is 0 Å². The molecular weight excluding hydrogens is 250 g/mol. The maximum absolute atomic E-state index is 6.04. The van der Waals surface area contributed by atoms with Crippen LogP contribution in [0.1, 0.15) is 56.7 Å². The number of nitrogens with one attached hydrogen (secondary N) is 1. The fourth-order valence-electron chi connectivity index (χ4n) is 2.71. The van der Waals surface area contributed by atoms with Gasteiger partial charge in [0.25, 0.3) is 0 Å². The van der Waals surface area contributed by atoms with E-state index in [9.17, 15) is 0 Å². The lowest BCUT2D eigenvalue weighted by Gasteiger charge is -2.17. The molecule has 1 aromatic rings. The summed E-state index contributed by atoms with van der Waals surface area (Å²) in [6.45, 7) is 5.53. The minimum absolute atomic E-state index is 0.343. The van der Waals surface area contributed by atoms with Crippen molar-refractivity contribution in [2.45, 2.75) is 58.3 Å². The Hall–Kier alpha value is -1.06. The van der Waals surface area contributed by atoms with E-state index in [0.29, 0.717) is 25.4 Å². The van der Waals surface area contributed by atoms with Crippen LogP contribution in [0.5, 0.6) is 5.75 Å². The third-order valence-corrected chi connectivity index (χ3v) is 4.09. The second-order valence-corrected chi connectivity index (χ2v) is 5.53. The van der Waals surface area contributed by atoms with Crippen molar-refractivity contribution in [3.8, 4) is 5.75 Å². The smallest absolute Gasteiger partial charge is 0.124 e. The van der Waals surface area contributed by atoms with E-state index in [1.54, 1.807) is 0 Å². The van der Waals surface area contributed by atoms with Crippen molar-refractivity contribution in [3.63, 3.8) is 0 Å². The van der Waals surface area contributed by atoms with Gasteiger partial charge < -0.3 is 14.8 Å². The summed E-state index contributed by atoms with van der Waals surface area (Å²) in [5.41, 5.74) is 2.44. The summed E-state index contributed by atoms with van der Waals surface area (Å²) in [6, 6.07) is 6.75. The first-order valence-corrected chi connectivity index (χ1v) is 7.79. The lowest BCUT2D eigenvalue weighted by atomic mass is 10.0. The van der Waals surface area contributed by atoms with Crippen LogP contribution in [0.2, 0.25) is 0 Å². The van der Waals surface area contributed by atoms with Gasteiger partial charge in [-0.1, -0.05) is 18.9 Å². The molecule has 1 unspecified atom stereocenters. The number of hydrogen-bond acceptors (Lipinski definition) is 3. The van der Waals surface area contributed by atoms with Crippen molar-refractivity contribution in [3.05, 3.63) is 29.3 Å². The van der Waals surface area contributed by atoms with Crippen LogP contribution < -0.4 is 10.1 Å². The number of hydrogen-bond donors (Lipinski definition) is 1. The summed E-state index contributed by atoms with van der Waals surface area (Å²) in [5.74, 6) is 0.956. The summed E-state index contributed by atoms with van der Waals surface area (Å²) in [4.78, 5) is 0. The van der Waals surface area contributed by atoms with Crippen molar-refractivity contribution in [1.82, 2.24) is 5.32 Å². The van der Waals surface area contributed by atoms with Crippen molar-refractivity contribution >= 4 is 0 Å². The minimum Gasteiger partial charge on any atom is -0.494 e. The first-order chi connectivity index (χ1) is 9.74. The zero-order valence-corrected chi connectivity index (χ0v) is 12.9. The highest BCUT2D eigenvalue weighted by atomic mass is 16.5. The van der Waals surface area contributed by atoms with E-state index < -0.39 is 0 Å². The minimum atomic E-state index is 0.343. The van der Waals surface area contributed by atoms with E-state index >= 15 is 0 Å². The molecule has 0 radical (unpaired) electrons. The Balaban J connectivity index is 2.08. The van der Waals surface area contributed by atoms with E-state index in [0.717, 1.165) is 5.75 Å². The molecule has 112 valence electrons. The van der Waals surface area contributed by atoms with Gasteiger partial charge in [0.2, 0.25) is 0 Å². The van der Waals surface area contributed by atoms with Gasteiger partial charge in [0, 0.05) is 11.6 Å². The standard InChI is InChI=1S/C17H27NO2/c1-4-19-17-10-9-14(13(2)18-3)11-15(17)12-20-16-7-5-6-8-16/h9-11,13,16,18H,4-8,12H2,1-3H3. The molecule has 20 heavy (non-hydrogen) atoms. The molecule has 3 nitrogen and oxygen atoms in total. The Morgan fingerprint density at radius 3 is 2.70 bits per heavy atom. The molecule has 1 aliphatic carbocycles. The van der Waals surface area contributed by atoms with Crippen LogP contribution in [0.25, 0.3) is 0 Å². The summed E-state index contributed by atoms with van der Waals surface area (Å²) in [6.07, 6.45) is 5.46. The molecule has 2 rings (SSSR count). The largest absolute Gasteiger partial charge is 0.494 e. The molecule has 0 aromatic heterocycles. The maximum atomic E-state index is 6.04. The molecule has 0 bridgehead atoms. The van der Waals surface area contributed by atoms with Crippen LogP contribution >= 0.6 is 0 Å². The average molecular weight is 277 g/mol. The Morgan fingerprint density at radius 2 is 2.05 bits per heavy atom. The lowest BCUT2D eigenvalue weighted by Crippen LogP contribution is -2.13. The van der Waals surface area contributed by atoms with Crippen LogP contribution in [0.4, 0.5) is 0 Å². The molecule has 0 amide bonds. The molecule has 0 saturated heterocycles. The Labute approximate surface area is 122 Å². The van der Waals surface area contributed by atoms with Crippen molar-refractivity contribution < 1.29 is 9.47 Å². The van der Waals surface area contributed by atoms with Gasteiger partial charge in [0.15, 0.2) is 0 Å². The highest BCUT2D eigenvalue weighted by Gasteiger charge is 2.16. The topological polar surface area (TPSA) is 30.5 Å². The first kappa shape index (κ1) is 15.3. The van der Waals surface area contributed by atoms with Crippen LogP contribution in [0.3, 0.4) is 0 Å². The van der Waals surface area contributed by atoms with Gasteiger partial charge in [-0.15, -0.1) is 0 Å². The fraction of sp³-hybridized carbons (Fsp3) is 0.647. The third kappa shape index (κ3) is 3.97. The molecule has 0 spiro atoms. The summed E-state index contributed by atoms with van der Waals surface area (Å²) in [5, 5.41) is 3.28. The zero-order valence-electron chi connectivity index (χ0n) is 12.9. The lowest BCUT2D eigenvalue weighted by molar-refractivity contribution is 0.0443. The number of rotatable bonds is 7. The molecule has 0 heterocycles. The summed E-state index contributed by atoms with van der Waals surface area (Å²) in [7, 11) is 1.98. The van der Waals surface area contributed by atoms with Gasteiger partial charge in [0.1, 0.15) is 5.75 Å². The van der Waals surface area contributed by atoms with E-state index in [-0.39, 0.29) is 0 Å². The predicted molar refractivity (Wildman–Crippen MR) is 82.1 cm³/mol. The monoisotopic (exact) mass is 277 g/mol. The fourth-order valence-corrected chi connectivity index (χ4v) is 2.71. The van der Waals surface area contributed by atoms with Gasteiger partial charge in [-0.05, 0) is 51.4 Å². The normalized spacial score (nSPS) is 17.4. The van der Waals surface area contributed by atoms with Crippen molar-refractivity contribution in [1.29, 1.82) is 0 Å². The highest BCUT2D eigenvalue weighted by Crippen LogP contribution is 2.27. The maximum Gasteiger partial charge on any atom is 0.124 e. The summed E-state index contributed by atoms with van der Waals surface area (Å²) >= 11 is 0. The molecule has 1 atom stereocenters. The van der Waals surface area contributed by atoms with Crippen LogP contribution in [0.15, 0.2) is 18.2 Å². The van der Waals surface area contributed by atoms with Gasteiger partial charge in [-0.25, -0.2) is 0 Å². The quantitative estimate of drug-likeness (QED) is 0.821. The predicted octanol–water partition coefficient (Wildman–Crippen LogP) is 3.82. The molecule has 1 aromatic carbocycles. The van der Waals surface area contributed by atoms with E-state index in [2.05, 4.69) is 30.4 Å². The number of benzene rings is 1. The third-order valence-electron chi connectivity index (χ3n) is 4.09. The Morgan fingerprint density at radius 1 is 1.30 bits per heavy atom. The van der Waals surface area contributed by atoms with E-state index in [4.69, 9.17) is 9.47 Å². The second kappa shape index (κ2) is 7.65. The SMILES string of the molecule is CCOc1ccc(C(C)NC)cc1COC1CCCC1. The van der Waals surface area contributed by atoms with Crippen LogP contribution in [0, 0.1) is 0 Å². The molecule has 1 aliphatic rings.